The van der Waals surface area contributed by atoms with E-state index in [-0.39, 0.29) is 17.6 Å². The second kappa shape index (κ2) is 11.0. The Labute approximate surface area is 203 Å². The molecule has 3 aromatic carbocycles. The fourth-order valence-electron chi connectivity index (χ4n) is 5.38. The third-order valence-electron chi connectivity index (χ3n) is 7.21. The predicted octanol–water partition coefficient (Wildman–Crippen LogP) is 6.35. The van der Waals surface area contributed by atoms with E-state index in [1.165, 1.54) is 56.4 Å². The van der Waals surface area contributed by atoms with Crippen molar-refractivity contribution in [3.63, 3.8) is 0 Å². The quantitative estimate of drug-likeness (QED) is 0.381. The minimum absolute atomic E-state index is 0.159. The van der Waals surface area contributed by atoms with Gasteiger partial charge >= 0.3 is 0 Å². The Morgan fingerprint density at radius 1 is 0.853 bits per heavy atom. The summed E-state index contributed by atoms with van der Waals surface area (Å²) < 4.78 is 12.1. The number of benzene rings is 3. The van der Waals surface area contributed by atoms with E-state index in [1.54, 1.807) is 12.1 Å². The molecule has 0 unspecified atom stereocenters. The molecular formula is C30H35NO3. The second-order valence-corrected chi connectivity index (χ2v) is 9.55. The molecule has 0 aromatic heterocycles. The number of hydrogen-bond donors (Lipinski definition) is 1. The van der Waals surface area contributed by atoms with Crippen LogP contribution in [0.5, 0.6) is 17.2 Å². The summed E-state index contributed by atoms with van der Waals surface area (Å²) in [7, 11) is 0. The highest BCUT2D eigenvalue weighted by Crippen LogP contribution is 2.47. The van der Waals surface area contributed by atoms with Crippen LogP contribution in [0.25, 0.3) is 0 Å². The molecule has 4 heteroatoms. The van der Waals surface area contributed by atoms with E-state index in [0.717, 1.165) is 30.1 Å². The lowest BCUT2D eigenvalue weighted by Crippen LogP contribution is -2.25. The maximum absolute atomic E-state index is 9.96. The fourth-order valence-corrected chi connectivity index (χ4v) is 5.38. The van der Waals surface area contributed by atoms with E-state index in [9.17, 15) is 5.11 Å². The zero-order chi connectivity index (χ0) is 23.2. The molecule has 0 bridgehead atoms. The van der Waals surface area contributed by atoms with Crippen molar-refractivity contribution >= 4 is 0 Å². The van der Waals surface area contributed by atoms with Gasteiger partial charge in [0.25, 0.3) is 0 Å². The smallest absolute Gasteiger partial charge is 0.126 e. The van der Waals surface area contributed by atoms with Gasteiger partial charge in [-0.15, -0.1) is 0 Å². The van der Waals surface area contributed by atoms with Crippen molar-refractivity contribution in [2.45, 2.75) is 43.9 Å². The first kappa shape index (κ1) is 22.8. The van der Waals surface area contributed by atoms with Gasteiger partial charge in [-0.3, -0.25) is 0 Å². The Hall–Kier alpha value is -2.98. The van der Waals surface area contributed by atoms with E-state index in [1.807, 2.05) is 12.1 Å². The number of hydrogen-bond acceptors (Lipinski definition) is 4. The summed E-state index contributed by atoms with van der Waals surface area (Å²) in [5, 5.41) is 9.96. The first-order valence-corrected chi connectivity index (χ1v) is 12.7. The van der Waals surface area contributed by atoms with E-state index in [0.29, 0.717) is 6.61 Å². The van der Waals surface area contributed by atoms with Crippen LogP contribution in [0.1, 0.15) is 60.6 Å². The molecule has 178 valence electrons. The number of aromatic hydroxyl groups is 1. The fraction of sp³-hybridized carbons (Fsp3) is 0.400. The molecule has 4 nitrogen and oxygen atoms in total. The van der Waals surface area contributed by atoms with Crippen LogP contribution in [0.4, 0.5) is 0 Å². The molecule has 1 N–H and O–H groups in total. The minimum Gasteiger partial charge on any atom is -0.508 e. The van der Waals surface area contributed by atoms with Gasteiger partial charge in [0.2, 0.25) is 0 Å². The zero-order valence-corrected chi connectivity index (χ0v) is 19.9. The van der Waals surface area contributed by atoms with Crippen molar-refractivity contribution in [3.05, 3.63) is 89.5 Å². The predicted molar refractivity (Wildman–Crippen MR) is 136 cm³/mol. The summed E-state index contributed by atoms with van der Waals surface area (Å²) in [5.41, 5.74) is 3.62. The molecule has 5 rings (SSSR count). The van der Waals surface area contributed by atoms with Crippen molar-refractivity contribution in [1.82, 2.24) is 4.90 Å². The van der Waals surface area contributed by atoms with Crippen LogP contribution in [0, 0.1) is 0 Å². The van der Waals surface area contributed by atoms with Crippen molar-refractivity contribution < 1.29 is 14.6 Å². The van der Waals surface area contributed by atoms with Crippen molar-refractivity contribution in [1.29, 1.82) is 0 Å². The summed E-state index contributed by atoms with van der Waals surface area (Å²) in [4.78, 5) is 2.58. The topological polar surface area (TPSA) is 41.9 Å². The Bertz CT molecular complexity index is 1040. The molecule has 0 radical (unpaired) electrons. The van der Waals surface area contributed by atoms with E-state index >= 15 is 0 Å². The van der Waals surface area contributed by atoms with Gasteiger partial charge in [-0.25, -0.2) is 0 Å². The van der Waals surface area contributed by atoms with E-state index in [2.05, 4.69) is 53.4 Å². The van der Waals surface area contributed by atoms with Gasteiger partial charge in [0.05, 0.1) is 13.2 Å². The molecule has 34 heavy (non-hydrogen) atoms. The number of phenols is 1. The highest BCUT2D eigenvalue weighted by molar-refractivity contribution is 5.50. The molecular weight excluding hydrogens is 422 g/mol. The maximum atomic E-state index is 9.96. The van der Waals surface area contributed by atoms with Crippen molar-refractivity contribution in [3.8, 4) is 17.2 Å². The highest BCUT2D eigenvalue weighted by atomic mass is 16.5. The zero-order valence-electron chi connectivity index (χ0n) is 19.9. The Morgan fingerprint density at radius 2 is 1.65 bits per heavy atom. The number of ether oxygens (including phenoxy) is 2. The minimum atomic E-state index is 0.159. The largest absolute Gasteiger partial charge is 0.508 e. The van der Waals surface area contributed by atoms with Gasteiger partial charge < -0.3 is 19.5 Å². The van der Waals surface area contributed by atoms with Gasteiger partial charge in [-0.2, -0.15) is 0 Å². The summed E-state index contributed by atoms with van der Waals surface area (Å²) in [6.07, 6.45) is 6.32. The standard InChI is InChI=1S/C30H35NO3/c32-25-13-16-27-29(21-25)34-22-28(23-9-3-1-4-10-23)30(27)24-11-14-26(15-12-24)33-20-8-2-5-17-31-18-6-7-19-31/h1,3-4,9-16,21,28,30,32H,2,5-8,17-20,22H2/t28-,30-/m0/s1. The molecule has 1 fully saturated rings. The van der Waals surface area contributed by atoms with Gasteiger partial charge in [0, 0.05) is 23.5 Å². The first-order chi connectivity index (χ1) is 16.8. The summed E-state index contributed by atoms with van der Waals surface area (Å²) in [6.45, 7) is 5.16. The van der Waals surface area contributed by atoms with E-state index in [4.69, 9.17) is 9.47 Å². The van der Waals surface area contributed by atoms with Crippen LogP contribution in [-0.2, 0) is 0 Å². The summed E-state index contributed by atoms with van der Waals surface area (Å²) in [5.74, 6) is 2.30. The lowest BCUT2D eigenvalue weighted by atomic mass is 9.76. The Kier molecular flexibility index (Phi) is 7.35. The average Bonchev–Trinajstić information content (AvgIpc) is 3.40. The molecule has 0 saturated carbocycles. The van der Waals surface area contributed by atoms with Crippen LogP contribution in [-0.4, -0.2) is 42.9 Å². The third-order valence-corrected chi connectivity index (χ3v) is 7.21. The Balaban J connectivity index is 1.24. The lowest BCUT2D eigenvalue weighted by Gasteiger charge is -2.34. The number of phenolic OH excluding ortho intramolecular Hbond substituents is 1. The molecule has 2 aliphatic heterocycles. The molecule has 3 aromatic rings. The van der Waals surface area contributed by atoms with Crippen molar-refractivity contribution in [2.24, 2.45) is 0 Å². The van der Waals surface area contributed by atoms with Crippen LogP contribution in [0.3, 0.4) is 0 Å². The molecule has 2 atom stereocenters. The van der Waals surface area contributed by atoms with Gasteiger partial charge in [-0.1, -0.05) is 48.5 Å². The van der Waals surface area contributed by atoms with Gasteiger partial charge in [-0.05, 0) is 81.1 Å². The number of nitrogens with zero attached hydrogens (tertiary/aromatic N) is 1. The first-order valence-electron chi connectivity index (χ1n) is 12.7. The van der Waals surface area contributed by atoms with Crippen molar-refractivity contribution in [2.75, 3.05) is 32.8 Å². The number of rotatable bonds is 9. The average molecular weight is 458 g/mol. The van der Waals surface area contributed by atoms with Crippen LogP contribution in [0.2, 0.25) is 0 Å². The molecule has 1 saturated heterocycles. The third kappa shape index (κ3) is 5.39. The number of fused-ring (bicyclic) bond motifs is 1. The monoisotopic (exact) mass is 457 g/mol. The Morgan fingerprint density at radius 3 is 2.44 bits per heavy atom. The molecule has 2 aliphatic rings. The van der Waals surface area contributed by atoms with Gasteiger partial charge in [0.1, 0.15) is 17.2 Å². The second-order valence-electron chi connectivity index (χ2n) is 9.55. The summed E-state index contributed by atoms with van der Waals surface area (Å²) in [6, 6.07) is 24.6. The molecule has 0 aliphatic carbocycles. The summed E-state index contributed by atoms with van der Waals surface area (Å²) >= 11 is 0. The molecule has 0 spiro atoms. The normalized spacial score (nSPS) is 20.0. The maximum Gasteiger partial charge on any atom is 0.126 e. The number of likely N-dealkylation sites (tertiary alicyclic amines) is 1. The van der Waals surface area contributed by atoms with Crippen LogP contribution >= 0.6 is 0 Å². The lowest BCUT2D eigenvalue weighted by molar-refractivity contribution is 0.247. The van der Waals surface area contributed by atoms with Gasteiger partial charge in [0.15, 0.2) is 0 Å². The number of unbranched alkanes of at least 4 members (excludes halogenated alkanes) is 2. The van der Waals surface area contributed by atoms with Crippen LogP contribution in [0.15, 0.2) is 72.8 Å². The van der Waals surface area contributed by atoms with E-state index < -0.39 is 0 Å². The highest BCUT2D eigenvalue weighted by Gasteiger charge is 2.33. The molecule has 0 amide bonds. The molecule has 2 heterocycles. The van der Waals surface area contributed by atoms with Crippen LogP contribution < -0.4 is 9.47 Å². The SMILES string of the molecule is Oc1ccc2c(c1)OC[C@@H](c1ccccc1)[C@H]2c1ccc(OCCCCCN2CCCC2)cc1.